The van der Waals surface area contributed by atoms with Crippen molar-refractivity contribution in [2.24, 2.45) is 0 Å². The zero-order chi connectivity index (χ0) is 6.08. The quantitative estimate of drug-likeness (QED) is 0.511. The van der Waals surface area contributed by atoms with Crippen LogP contribution in [-0.4, -0.2) is 0 Å². The van der Waals surface area contributed by atoms with Crippen LogP contribution in [0.2, 0.25) is 0 Å². The molecule has 0 nitrogen and oxygen atoms in total. The van der Waals surface area contributed by atoms with Gasteiger partial charge in [0, 0.05) is 4.91 Å². The molecule has 0 aliphatic rings. The molecule has 0 rings (SSSR count). The molecule has 0 amide bonds. The third kappa shape index (κ3) is 2.56. The molecule has 0 bridgehead atoms. The molecule has 4 heteroatoms. The van der Waals surface area contributed by atoms with E-state index in [0.717, 1.165) is 6.92 Å². The van der Waals surface area contributed by atoms with Crippen molar-refractivity contribution in [3.05, 3.63) is 11.5 Å². The Morgan fingerprint density at radius 3 is 1.57 bits per heavy atom. The summed E-state index contributed by atoms with van der Waals surface area (Å²) in [5.74, 6) is 0. The molecule has 0 saturated carbocycles. The van der Waals surface area contributed by atoms with Gasteiger partial charge in [-0.1, -0.05) is 6.58 Å². The van der Waals surface area contributed by atoms with Crippen molar-refractivity contribution in [2.75, 3.05) is 0 Å². The fourth-order valence-corrected chi connectivity index (χ4v) is 0. The van der Waals surface area contributed by atoms with Crippen LogP contribution in [0, 0.1) is 0 Å². The summed E-state index contributed by atoms with van der Waals surface area (Å²) in [7, 11) is 0. The van der Waals surface area contributed by atoms with Gasteiger partial charge in [-0.2, -0.15) is 0 Å². The largest absolute Gasteiger partial charge is 0.232 e. The molecule has 0 radical (unpaired) electrons. The van der Waals surface area contributed by atoms with Crippen molar-refractivity contribution < 1.29 is 11.7 Å². The van der Waals surface area contributed by atoms with E-state index < -0.39 is 16.1 Å². The second-order valence-electron chi connectivity index (χ2n) is 1.11. The standard InChI is InChI=1S/C3H5F3S/c1-3(2)7(4,5)6/h1H2,2H3. The summed E-state index contributed by atoms with van der Waals surface area (Å²) in [5.41, 5.74) is 0. The Morgan fingerprint density at radius 1 is 1.43 bits per heavy atom. The van der Waals surface area contributed by atoms with Gasteiger partial charge in [0.1, 0.15) is 0 Å². The first-order valence-corrected chi connectivity index (χ1v) is 2.85. The van der Waals surface area contributed by atoms with Gasteiger partial charge in [-0.25, -0.2) is 0 Å². The van der Waals surface area contributed by atoms with E-state index in [4.69, 9.17) is 0 Å². The lowest BCUT2D eigenvalue weighted by atomic mass is 10.8. The maximum atomic E-state index is 11.2. The molecule has 0 aromatic heterocycles. The van der Waals surface area contributed by atoms with Crippen LogP contribution in [0.15, 0.2) is 11.5 Å². The van der Waals surface area contributed by atoms with E-state index in [2.05, 4.69) is 6.58 Å². The van der Waals surface area contributed by atoms with Gasteiger partial charge in [0.2, 0.25) is 11.2 Å². The molecule has 0 spiro atoms. The zero-order valence-corrected chi connectivity index (χ0v) is 4.57. The summed E-state index contributed by atoms with van der Waals surface area (Å²) < 4.78 is 33.5. The Balaban J connectivity index is 3.79. The highest BCUT2D eigenvalue weighted by atomic mass is 32.3. The minimum absolute atomic E-state index is 0.674. The van der Waals surface area contributed by atoms with Gasteiger partial charge in [-0.15, -0.1) is 11.7 Å². The average Bonchev–Trinajstić information content (AvgIpc) is 1.31. The molecule has 44 valence electrons. The smallest absolute Gasteiger partial charge is 0.120 e. The maximum Gasteiger partial charge on any atom is 0.232 e. The van der Waals surface area contributed by atoms with Gasteiger partial charge in [0.05, 0.1) is 0 Å². The van der Waals surface area contributed by atoms with Crippen molar-refractivity contribution in [2.45, 2.75) is 6.92 Å². The van der Waals surface area contributed by atoms with Crippen LogP contribution in [0.4, 0.5) is 11.7 Å². The summed E-state index contributed by atoms with van der Waals surface area (Å²) in [4.78, 5) is -0.674. The Labute approximate surface area is 42.2 Å². The molecule has 0 atom stereocenters. The summed E-state index contributed by atoms with van der Waals surface area (Å²) in [6.45, 7) is 3.71. The molecule has 0 aliphatic heterocycles. The highest BCUT2D eigenvalue weighted by molar-refractivity contribution is 8.24. The molecule has 0 fully saturated rings. The van der Waals surface area contributed by atoms with Crippen LogP contribution in [0.3, 0.4) is 0 Å². The third-order valence-electron chi connectivity index (χ3n) is 0.395. The molecular weight excluding hydrogens is 125 g/mol. The summed E-state index contributed by atoms with van der Waals surface area (Å²) in [6.07, 6.45) is 0. The van der Waals surface area contributed by atoms with Crippen LogP contribution < -0.4 is 0 Å². The minimum atomic E-state index is -4.94. The summed E-state index contributed by atoms with van der Waals surface area (Å²) in [5, 5.41) is 0. The number of rotatable bonds is 1. The second-order valence-corrected chi connectivity index (χ2v) is 2.62. The van der Waals surface area contributed by atoms with E-state index in [9.17, 15) is 11.7 Å². The van der Waals surface area contributed by atoms with E-state index in [1.54, 1.807) is 0 Å². The second kappa shape index (κ2) is 1.78. The molecule has 0 unspecified atom stereocenters. The SMILES string of the molecule is C=C(C)S(F)(F)F. The number of allylic oxidation sites excluding steroid dienone is 1. The van der Waals surface area contributed by atoms with E-state index in [1.807, 2.05) is 0 Å². The van der Waals surface area contributed by atoms with Gasteiger partial charge < -0.3 is 0 Å². The average molecular weight is 130 g/mol. The monoisotopic (exact) mass is 130 g/mol. The van der Waals surface area contributed by atoms with Gasteiger partial charge in [-0.05, 0) is 6.92 Å². The number of halogens is 3. The molecule has 0 heterocycles. The molecule has 0 N–H and O–H groups in total. The Morgan fingerprint density at radius 2 is 1.57 bits per heavy atom. The normalized spacial score (nSPS) is 13.7. The fraction of sp³-hybridized carbons (Fsp3) is 0.333. The van der Waals surface area contributed by atoms with Gasteiger partial charge in [-0.3, -0.25) is 0 Å². The van der Waals surface area contributed by atoms with E-state index in [-0.39, 0.29) is 0 Å². The van der Waals surface area contributed by atoms with Crippen molar-refractivity contribution in [3.8, 4) is 0 Å². The molecule has 0 saturated heterocycles. The van der Waals surface area contributed by atoms with E-state index in [1.165, 1.54) is 0 Å². The van der Waals surface area contributed by atoms with Crippen LogP contribution in [0.1, 0.15) is 6.92 Å². The third-order valence-corrected chi connectivity index (χ3v) is 1.19. The predicted octanol–water partition coefficient (Wildman–Crippen LogP) is 2.98. The lowest BCUT2D eigenvalue weighted by Gasteiger charge is -2.05. The van der Waals surface area contributed by atoms with Crippen molar-refractivity contribution >= 4 is 11.2 Å². The number of hydrogen-bond acceptors (Lipinski definition) is 0. The molecule has 0 aromatic rings. The highest BCUT2D eigenvalue weighted by Gasteiger charge is 2.20. The first-order valence-electron chi connectivity index (χ1n) is 1.52. The molecule has 0 aromatic carbocycles. The topological polar surface area (TPSA) is 0 Å². The lowest BCUT2D eigenvalue weighted by molar-refractivity contribution is 0.647. The Bertz CT molecular complexity index is 82.7. The van der Waals surface area contributed by atoms with Crippen molar-refractivity contribution in [3.63, 3.8) is 0 Å². The van der Waals surface area contributed by atoms with Gasteiger partial charge >= 0.3 is 0 Å². The molecular formula is C3H5F3S. The van der Waals surface area contributed by atoms with Crippen LogP contribution in [0.5, 0.6) is 0 Å². The van der Waals surface area contributed by atoms with Crippen LogP contribution in [0.25, 0.3) is 0 Å². The zero-order valence-electron chi connectivity index (χ0n) is 3.75. The number of hydrogen-bond donors (Lipinski definition) is 0. The minimum Gasteiger partial charge on any atom is -0.120 e. The molecule has 7 heavy (non-hydrogen) atoms. The summed E-state index contributed by atoms with van der Waals surface area (Å²) >= 11 is -4.94. The van der Waals surface area contributed by atoms with Gasteiger partial charge in [0.25, 0.3) is 0 Å². The highest BCUT2D eigenvalue weighted by Crippen LogP contribution is 2.59. The van der Waals surface area contributed by atoms with Crippen molar-refractivity contribution in [1.29, 1.82) is 0 Å². The van der Waals surface area contributed by atoms with E-state index >= 15 is 0 Å². The maximum absolute atomic E-state index is 11.2. The van der Waals surface area contributed by atoms with Crippen molar-refractivity contribution in [1.82, 2.24) is 0 Å². The Hall–Kier alpha value is -0.120. The van der Waals surface area contributed by atoms with Gasteiger partial charge in [0.15, 0.2) is 0 Å². The van der Waals surface area contributed by atoms with Crippen LogP contribution >= 0.6 is 11.2 Å². The van der Waals surface area contributed by atoms with Crippen LogP contribution in [-0.2, 0) is 0 Å². The fourth-order valence-electron chi connectivity index (χ4n) is 0. The molecule has 0 aliphatic carbocycles. The first-order chi connectivity index (χ1) is 2.94. The predicted molar refractivity (Wildman–Crippen MR) is 25.7 cm³/mol. The van der Waals surface area contributed by atoms with E-state index in [0.29, 0.717) is 0 Å². The summed E-state index contributed by atoms with van der Waals surface area (Å²) in [6, 6.07) is 0. The lowest BCUT2D eigenvalue weighted by Crippen LogP contribution is -1.71. The first kappa shape index (κ1) is 6.88. The Kier molecular flexibility index (Phi) is 1.75.